The first-order valence-electron chi connectivity index (χ1n) is 17.5. The van der Waals surface area contributed by atoms with Crippen molar-refractivity contribution in [2.24, 2.45) is 5.16 Å². The topological polar surface area (TPSA) is 119 Å². The first kappa shape index (κ1) is 36.1. The number of halogens is 2. The molecule has 0 saturated carbocycles. The maximum Gasteiger partial charge on any atom is 0.511 e. The number of hydrogen-bond donors (Lipinski definition) is 1. The number of carbonyl (C=O) groups excluding carboxylic acids is 3. The number of amides is 2. The fourth-order valence-electron chi connectivity index (χ4n) is 7.00. The molecule has 5 rings (SSSR count). The first-order valence-corrected chi connectivity index (χ1v) is 17.5. The Kier molecular flexibility index (Phi) is 12.2. The molecule has 1 N–H and O–H groups in total. The zero-order chi connectivity index (χ0) is 35.0. The third-order valence-corrected chi connectivity index (χ3v) is 9.77. The number of fused-ring (bicyclic) bond motifs is 5. The Morgan fingerprint density at radius 2 is 1.86 bits per heavy atom. The summed E-state index contributed by atoms with van der Waals surface area (Å²) in [5, 5.41) is 6.96. The van der Waals surface area contributed by atoms with Crippen LogP contribution < -0.4 is 5.32 Å². The zero-order valence-electron chi connectivity index (χ0n) is 28.7. The fraction of sp³-hybridized carbons (Fsp3) is 0.611. The average Bonchev–Trinajstić information content (AvgIpc) is 3.41. The van der Waals surface area contributed by atoms with Crippen molar-refractivity contribution < 1.29 is 42.2 Å². The van der Waals surface area contributed by atoms with Gasteiger partial charge in [0, 0.05) is 55.4 Å². The molecule has 3 atom stereocenters. The number of oxime groups is 1. The number of nitrogens with zero attached hydrogens (tertiary/aromatic N) is 3. The molecule has 0 unspecified atom stereocenters. The van der Waals surface area contributed by atoms with Crippen LogP contribution in [0.1, 0.15) is 103 Å². The van der Waals surface area contributed by atoms with Gasteiger partial charge in [-0.15, -0.1) is 0 Å². The molecule has 1 aromatic carbocycles. The molecule has 0 aromatic heterocycles. The van der Waals surface area contributed by atoms with Crippen molar-refractivity contribution in [1.29, 1.82) is 0 Å². The van der Waals surface area contributed by atoms with Crippen LogP contribution in [-0.2, 0) is 35.2 Å². The molecule has 2 saturated heterocycles. The van der Waals surface area contributed by atoms with E-state index in [-0.39, 0.29) is 54.1 Å². The van der Waals surface area contributed by atoms with E-state index < -0.39 is 42.1 Å². The number of allylic oxidation sites excluding steroid dienone is 1. The normalized spacial score (nSPS) is 23.0. The highest BCUT2D eigenvalue weighted by Gasteiger charge is 2.56. The number of benzene rings is 1. The Bertz CT molecular complexity index is 1480. The highest BCUT2D eigenvalue weighted by Crippen LogP contribution is 2.45. The van der Waals surface area contributed by atoms with Crippen molar-refractivity contribution in [3.63, 3.8) is 0 Å². The van der Waals surface area contributed by atoms with E-state index in [4.69, 9.17) is 19.0 Å². The predicted molar refractivity (Wildman–Crippen MR) is 177 cm³/mol. The summed E-state index contributed by atoms with van der Waals surface area (Å²) in [6.45, 7) is 5.93. The van der Waals surface area contributed by atoms with Crippen molar-refractivity contribution >= 4 is 23.7 Å². The number of carbonyl (C=O) groups is 3. The van der Waals surface area contributed by atoms with Gasteiger partial charge in [0.15, 0.2) is 5.60 Å². The third kappa shape index (κ3) is 8.72. The van der Waals surface area contributed by atoms with E-state index in [9.17, 15) is 23.2 Å². The molecular formula is C36H48F2N4O7. The minimum absolute atomic E-state index is 0.0865. The molecule has 2 fully saturated rings. The lowest BCUT2D eigenvalue weighted by molar-refractivity contribution is -0.140. The Morgan fingerprint density at radius 1 is 1.10 bits per heavy atom. The van der Waals surface area contributed by atoms with Gasteiger partial charge < -0.3 is 34.2 Å². The Balaban J connectivity index is 1.28. The molecule has 4 aliphatic heterocycles. The zero-order valence-corrected chi connectivity index (χ0v) is 28.7. The minimum atomic E-state index is -0.886. The van der Waals surface area contributed by atoms with Gasteiger partial charge in [-0.3, -0.25) is 9.59 Å². The van der Waals surface area contributed by atoms with Crippen molar-refractivity contribution in [2.45, 2.75) is 122 Å². The van der Waals surface area contributed by atoms with Gasteiger partial charge in [0.1, 0.15) is 23.1 Å². The van der Waals surface area contributed by atoms with E-state index in [1.54, 1.807) is 16.0 Å². The number of piperazine rings is 1. The van der Waals surface area contributed by atoms with Crippen LogP contribution in [0.4, 0.5) is 13.6 Å². The summed E-state index contributed by atoms with van der Waals surface area (Å²) in [5.74, 6) is -2.14. The Morgan fingerprint density at radius 3 is 2.57 bits per heavy atom. The van der Waals surface area contributed by atoms with Crippen LogP contribution in [0.25, 0.3) is 0 Å². The maximum absolute atomic E-state index is 14.3. The highest BCUT2D eigenvalue weighted by atomic mass is 19.1. The van der Waals surface area contributed by atoms with Crippen molar-refractivity contribution in [2.75, 3.05) is 19.9 Å². The molecule has 1 spiro atoms. The Labute approximate surface area is 286 Å². The van der Waals surface area contributed by atoms with Gasteiger partial charge in [-0.1, -0.05) is 63.1 Å². The number of nitrogens with one attached hydrogen (secondary N) is 1. The molecule has 13 heteroatoms. The van der Waals surface area contributed by atoms with Crippen LogP contribution in [0.3, 0.4) is 0 Å². The maximum atomic E-state index is 14.3. The lowest BCUT2D eigenvalue weighted by Crippen LogP contribution is -2.62. The summed E-state index contributed by atoms with van der Waals surface area (Å²) < 4.78 is 44.1. The Hall–Kier alpha value is -4.16. The van der Waals surface area contributed by atoms with E-state index in [0.717, 1.165) is 37.1 Å². The van der Waals surface area contributed by atoms with Crippen molar-refractivity contribution in [3.8, 4) is 0 Å². The second-order valence-electron chi connectivity index (χ2n) is 13.4. The van der Waals surface area contributed by atoms with E-state index in [1.165, 1.54) is 38.2 Å². The second-order valence-corrected chi connectivity index (χ2v) is 13.4. The number of rotatable bonds is 15. The second kappa shape index (κ2) is 16.5. The molecule has 0 radical (unpaired) electrons. The average molecular weight is 687 g/mol. The highest BCUT2D eigenvalue weighted by molar-refractivity contribution is 5.99. The largest absolute Gasteiger partial charge is 0.511 e. The monoisotopic (exact) mass is 686 g/mol. The van der Waals surface area contributed by atoms with E-state index in [1.807, 2.05) is 13.8 Å². The summed E-state index contributed by atoms with van der Waals surface area (Å²) in [6.07, 6.45) is 11.4. The van der Waals surface area contributed by atoms with E-state index in [2.05, 4.69) is 17.4 Å². The molecular weight excluding hydrogens is 638 g/mol. The summed E-state index contributed by atoms with van der Waals surface area (Å²) in [4.78, 5) is 49.5. The summed E-state index contributed by atoms with van der Waals surface area (Å²) in [7, 11) is 0. The first-order chi connectivity index (χ1) is 23.6. The van der Waals surface area contributed by atoms with Crippen LogP contribution in [-0.4, -0.2) is 71.1 Å². The summed E-state index contributed by atoms with van der Waals surface area (Å²) >= 11 is 0. The van der Waals surface area contributed by atoms with Gasteiger partial charge in [-0.05, 0) is 39.2 Å². The van der Waals surface area contributed by atoms with Crippen LogP contribution in [0.2, 0.25) is 0 Å². The number of unbranched alkanes of at least 4 members (excludes halogenated alkanes) is 7. The SMILES string of the molecule is CCCCCCCCCCOC(=O)OCOC1=C2C(=O)N3C[C@@H](N2C=C(C(=O)NCc2ccc(F)cc2F)C1)[C@]1(CC[C@@H]3C)CC(C)=NO1. The number of ether oxygens (including phenoxy) is 3. The smallest absolute Gasteiger partial charge is 0.459 e. The third-order valence-electron chi connectivity index (χ3n) is 9.77. The van der Waals surface area contributed by atoms with Crippen molar-refractivity contribution in [1.82, 2.24) is 15.1 Å². The van der Waals surface area contributed by atoms with Crippen LogP contribution in [0.15, 0.2) is 46.6 Å². The molecule has 2 bridgehead atoms. The van der Waals surface area contributed by atoms with Gasteiger partial charge >= 0.3 is 6.16 Å². The molecule has 49 heavy (non-hydrogen) atoms. The lowest BCUT2D eigenvalue weighted by atomic mass is 9.83. The van der Waals surface area contributed by atoms with Gasteiger partial charge in [0.2, 0.25) is 12.7 Å². The minimum Gasteiger partial charge on any atom is -0.459 e. The summed E-state index contributed by atoms with van der Waals surface area (Å²) in [5.41, 5.74) is 0.675. The van der Waals surface area contributed by atoms with E-state index >= 15 is 0 Å². The van der Waals surface area contributed by atoms with Crippen LogP contribution >= 0.6 is 0 Å². The van der Waals surface area contributed by atoms with Crippen molar-refractivity contribution in [3.05, 3.63) is 58.6 Å². The molecule has 1 aromatic rings. The van der Waals surface area contributed by atoms with Gasteiger partial charge in [0.25, 0.3) is 5.91 Å². The molecule has 2 amide bonds. The lowest BCUT2D eigenvalue weighted by Gasteiger charge is -2.48. The molecule has 0 aliphatic carbocycles. The molecule has 268 valence electrons. The standard InChI is InChI=1S/C36H48F2N4O7/c1-4-5-6-7-8-9-10-11-16-46-35(45)48-23-47-30-17-27(33(43)39-20-26-12-13-28(37)18-29(26)38)21-42-31-22-41(34(44)32(30)42)25(3)14-15-36(31)19-24(2)40-49-36/h12-13,18,21,25,31H,4-11,14-17,19-20,22-23H2,1-3H3,(H,39,43)/t25-,31+,36-/m0/s1. The van der Waals surface area contributed by atoms with Gasteiger partial charge in [0.05, 0.1) is 18.4 Å². The summed E-state index contributed by atoms with van der Waals surface area (Å²) in [6, 6.07) is 2.66. The van der Waals surface area contributed by atoms with Crippen LogP contribution in [0, 0.1) is 11.6 Å². The van der Waals surface area contributed by atoms with Gasteiger partial charge in [-0.2, -0.15) is 0 Å². The molecule has 4 heterocycles. The molecule has 11 nitrogen and oxygen atoms in total. The quantitative estimate of drug-likeness (QED) is 0.125. The van der Waals surface area contributed by atoms with E-state index in [0.29, 0.717) is 25.8 Å². The number of hydrogen-bond acceptors (Lipinski definition) is 9. The van der Waals surface area contributed by atoms with Crippen LogP contribution in [0.5, 0.6) is 0 Å². The molecule has 4 aliphatic rings. The predicted octanol–water partition coefficient (Wildman–Crippen LogP) is 6.58. The fourth-order valence-corrected chi connectivity index (χ4v) is 7.00. The van der Waals surface area contributed by atoms with Gasteiger partial charge in [-0.25, -0.2) is 13.6 Å².